The number of hydrogen-bond acceptors (Lipinski definition) is 2. The third kappa shape index (κ3) is 5.59. The van der Waals surface area contributed by atoms with Gasteiger partial charge < -0.3 is 15.7 Å². The summed E-state index contributed by atoms with van der Waals surface area (Å²) in [5, 5.41) is 14.0. The summed E-state index contributed by atoms with van der Waals surface area (Å²) in [6.07, 6.45) is -0.200. The highest BCUT2D eigenvalue weighted by atomic mass is 35.5. The van der Waals surface area contributed by atoms with Crippen molar-refractivity contribution in [2.24, 2.45) is 5.41 Å². The first-order valence-electron chi connectivity index (χ1n) is 6.34. The molecule has 3 N–H and O–H groups in total. The molecule has 1 aromatic carbocycles. The summed E-state index contributed by atoms with van der Waals surface area (Å²) in [6.45, 7) is 5.48. The van der Waals surface area contributed by atoms with E-state index in [0.29, 0.717) is 0 Å². The van der Waals surface area contributed by atoms with E-state index in [1.807, 2.05) is 20.8 Å². The number of amides is 2. The molecule has 0 fully saturated rings. The smallest absolute Gasteiger partial charge is 0.319 e. The van der Waals surface area contributed by atoms with Crippen molar-refractivity contribution in [1.29, 1.82) is 0 Å². The van der Waals surface area contributed by atoms with Gasteiger partial charge in [0.15, 0.2) is 0 Å². The van der Waals surface area contributed by atoms with Crippen LogP contribution in [0.4, 0.5) is 14.9 Å². The fraction of sp³-hybridized carbons (Fsp3) is 0.429. The normalized spacial score (nSPS) is 12.6. The van der Waals surface area contributed by atoms with Gasteiger partial charge in [0.1, 0.15) is 5.82 Å². The highest BCUT2D eigenvalue weighted by Gasteiger charge is 2.28. The fourth-order valence-electron chi connectivity index (χ4n) is 1.66. The zero-order valence-corrected chi connectivity index (χ0v) is 12.8. The number of carboxylic acid groups (broad SMARTS) is 1. The molecule has 1 unspecified atom stereocenters. The number of aliphatic carboxylic acids is 1. The van der Waals surface area contributed by atoms with Crippen molar-refractivity contribution in [2.75, 3.05) is 5.32 Å². The van der Waals surface area contributed by atoms with Gasteiger partial charge in [-0.3, -0.25) is 4.79 Å². The Morgan fingerprint density at radius 1 is 1.38 bits per heavy atom. The van der Waals surface area contributed by atoms with Crippen LogP contribution >= 0.6 is 11.6 Å². The molecule has 0 aliphatic rings. The van der Waals surface area contributed by atoms with Crippen LogP contribution in [-0.4, -0.2) is 23.1 Å². The van der Waals surface area contributed by atoms with Crippen LogP contribution in [0.2, 0.25) is 5.02 Å². The lowest BCUT2D eigenvalue weighted by Gasteiger charge is -2.30. The molecule has 0 bridgehead atoms. The van der Waals surface area contributed by atoms with Crippen LogP contribution < -0.4 is 10.6 Å². The molecule has 0 spiro atoms. The van der Waals surface area contributed by atoms with E-state index in [4.69, 9.17) is 16.7 Å². The maximum atomic E-state index is 12.9. The van der Waals surface area contributed by atoms with Crippen LogP contribution in [0.1, 0.15) is 27.2 Å². The molecule has 21 heavy (non-hydrogen) atoms. The van der Waals surface area contributed by atoms with Gasteiger partial charge in [0.25, 0.3) is 0 Å². The molecule has 0 heterocycles. The first kappa shape index (κ1) is 17.2. The van der Waals surface area contributed by atoms with Gasteiger partial charge in [0.05, 0.1) is 17.1 Å². The third-order valence-electron chi connectivity index (χ3n) is 2.91. The van der Waals surface area contributed by atoms with Crippen molar-refractivity contribution in [2.45, 2.75) is 33.2 Å². The Bertz CT molecular complexity index is 544. The van der Waals surface area contributed by atoms with Crippen molar-refractivity contribution < 1.29 is 19.1 Å². The molecule has 1 aromatic rings. The van der Waals surface area contributed by atoms with Crippen molar-refractivity contribution in [1.82, 2.24) is 5.32 Å². The minimum atomic E-state index is -1.00. The predicted octanol–water partition coefficient (Wildman–Crippen LogP) is 3.49. The molecule has 0 radical (unpaired) electrons. The Morgan fingerprint density at radius 3 is 2.48 bits per heavy atom. The number of halogens is 2. The molecule has 0 aromatic heterocycles. The summed E-state index contributed by atoms with van der Waals surface area (Å²) in [7, 11) is 0. The average Bonchev–Trinajstić information content (AvgIpc) is 2.30. The lowest BCUT2D eigenvalue weighted by molar-refractivity contribution is -0.138. The first-order valence-corrected chi connectivity index (χ1v) is 6.71. The molecule has 2 amide bonds. The number of carboxylic acids is 1. The van der Waals surface area contributed by atoms with E-state index < -0.39 is 29.3 Å². The van der Waals surface area contributed by atoms with E-state index in [9.17, 15) is 14.0 Å². The maximum absolute atomic E-state index is 12.9. The predicted molar refractivity (Wildman–Crippen MR) is 79.1 cm³/mol. The number of nitrogens with one attached hydrogen (secondary N) is 2. The van der Waals surface area contributed by atoms with E-state index in [0.717, 1.165) is 6.07 Å². The highest BCUT2D eigenvalue weighted by Crippen LogP contribution is 2.24. The summed E-state index contributed by atoms with van der Waals surface area (Å²) in [5.74, 6) is -1.51. The highest BCUT2D eigenvalue weighted by molar-refractivity contribution is 6.33. The Balaban J connectivity index is 2.76. The Labute approximate surface area is 127 Å². The van der Waals surface area contributed by atoms with Crippen molar-refractivity contribution >= 4 is 29.3 Å². The lowest BCUT2D eigenvalue weighted by Crippen LogP contribution is -2.46. The third-order valence-corrected chi connectivity index (χ3v) is 3.22. The van der Waals surface area contributed by atoms with Crippen molar-refractivity contribution in [3.63, 3.8) is 0 Å². The monoisotopic (exact) mass is 316 g/mol. The Kier molecular flexibility index (Phi) is 5.54. The second kappa shape index (κ2) is 6.76. The molecule has 7 heteroatoms. The van der Waals surface area contributed by atoms with Gasteiger partial charge in [-0.25, -0.2) is 9.18 Å². The molecule has 0 saturated carbocycles. The van der Waals surface area contributed by atoms with Crippen molar-refractivity contribution in [3.8, 4) is 0 Å². The molecule has 5 nitrogen and oxygen atoms in total. The summed E-state index contributed by atoms with van der Waals surface area (Å²) >= 11 is 5.81. The average molecular weight is 317 g/mol. The number of hydrogen-bond donors (Lipinski definition) is 3. The van der Waals surface area contributed by atoms with Crippen LogP contribution in [-0.2, 0) is 4.79 Å². The maximum Gasteiger partial charge on any atom is 0.319 e. The van der Waals surface area contributed by atoms with Gasteiger partial charge in [0, 0.05) is 6.04 Å². The number of carbonyl (C=O) groups excluding carboxylic acids is 1. The first-order chi connectivity index (χ1) is 9.59. The second-order valence-corrected chi connectivity index (χ2v) is 6.15. The minimum Gasteiger partial charge on any atom is -0.481 e. The summed E-state index contributed by atoms with van der Waals surface area (Å²) in [6, 6.07) is 2.43. The Morgan fingerprint density at radius 2 is 2.00 bits per heavy atom. The number of urea groups is 1. The number of anilines is 1. The lowest BCUT2D eigenvalue weighted by atomic mass is 9.85. The summed E-state index contributed by atoms with van der Waals surface area (Å²) in [5.41, 5.74) is -0.180. The minimum absolute atomic E-state index is 0.0655. The molecule has 1 atom stereocenters. The van der Waals surface area contributed by atoms with Gasteiger partial charge in [0.2, 0.25) is 0 Å². The van der Waals surface area contributed by atoms with E-state index in [-0.39, 0.29) is 17.1 Å². The van der Waals surface area contributed by atoms with Gasteiger partial charge in [-0.05, 0) is 23.6 Å². The fourth-order valence-corrected chi connectivity index (χ4v) is 1.87. The van der Waals surface area contributed by atoms with Gasteiger partial charge in [-0.15, -0.1) is 0 Å². The molecule has 1 rings (SSSR count). The second-order valence-electron chi connectivity index (χ2n) is 5.74. The van der Waals surface area contributed by atoms with Crippen LogP contribution in [0.3, 0.4) is 0 Å². The molecular formula is C14H18ClFN2O3. The molecule has 0 aliphatic carbocycles. The topological polar surface area (TPSA) is 78.4 Å². The van der Waals surface area contributed by atoms with Crippen LogP contribution in [0.25, 0.3) is 0 Å². The molecule has 116 valence electrons. The van der Waals surface area contributed by atoms with Gasteiger partial charge in [-0.2, -0.15) is 0 Å². The molecular weight excluding hydrogens is 299 g/mol. The van der Waals surface area contributed by atoms with Crippen LogP contribution in [0.5, 0.6) is 0 Å². The number of rotatable bonds is 4. The van der Waals surface area contributed by atoms with E-state index in [1.165, 1.54) is 12.1 Å². The summed E-state index contributed by atoms with van der Waals surface area (Å²) in [4.78, 5) is 22.8. The zero-order valence-electron chi connectivity index (χ0n) is 12.0. The number of carbonyl (C=O) groups is 2. The van der Waals surface area contributed by atoms with E-state index in [1.54, 1.807) is 0 Å². The van der Waals surface area contributed by atoms with Gasteiger partial charge >= 0.3 is 12.0 Å². The SMILES string of the molecule is CC(C)(C)C(CC(=O)O)NC(=O)Nc1ccc(F)cc1Cl. The number of benzene rings is 1. The van der Waals surface area contributed by atoms with E-state index in [2.05, 4.69) is 10.6 Å². The zero-order chi connectivity index (χ0) is 16.2. The largest absolute Gasteiger partial charge is 0.481 e. The standard InChI is InChI=1S/C14H18ClFN2O3/c1-14(2,3)11(7-12(19)20)18-13(21)17-10-5-4-8(16)6-9(10)15/h4-6,11H,7H2,1-3H3,(H,19,20)(H2,17,18,21). The molecule has 0 aliphatic heterocycles. The van der Waals surface area contributed by atoms with Crippen LogP contribution in [0, 0.1) is 11.2 Å². The van der Waals surface area contributed by atoms with Crippen molar-refractivity contribution in [3.05, 3.63) is 29.0 Å². The van der Waals surface area contributed by atoms with E-state index >= 15 is 0 Å². The summed E-state index contributed by atoms with van der Waals surface area (Å²) < 4.78 is 12.9. The van der Waals surface area contributed by atoms with Gasteiger partial charge in [-0.1, -0.05) is 32.4 Å². The van der Waals surface area contributed by atoms with Crippen LogP contribution in [0.15, 0.2) is 18.2 Å². The quantitative estimate of drug-likeness (QED) is 0.795. The molecule has 0 saturated heterocycles. The Hall–Kier alpha value is -1.82.